The highest BCUT2D eigenvalue weighted by Gasteiger charge is 2.24. The maximum Gasteiger partial charge on any atom is 0.354 e. The van der Waals surface area contributed by atoms with Gasteiger partial charge < -0.3 is 25.0 Å². The molecule has 9 nitrogen and oxygen atoms in total. The smallest absolute Gasteiger partial charge is 0.354 e. The van der Waals surface area contributed by atoms with Crippen molar-refractivity contribution >= 4 is 23.6 Å². The third-order valence-electron chi connectivity index (χ3n) is 4.14. The first-order valence-electron chi connectivity index (χ1n) is 8.06. The van der Waals surface area contributed by atoms with E-state index in [1.54, 1.807) is 0 Å². The van der Waals surface area contributed by atoms with Gasteiger partial charge in [0.2, 0.25) is 11.9 Å². The molecule has 0 saturated carbocycles. The van der Waals surface area contributed by atoms with E-state index in [0.717, 1.165) is 0 Å². The van der Waals surface area contributed by atoms with Gasteiger partial charge in [0.05, 0.1) is 19.3 Å². The zero-order valence-electron chi connectivity index (χ0n) is 13.6. The van der Waals surface area contributed by atoms with Crippen molar-refractivity contribution in [3.63, 3.8) is 0 Å². The SMILES string of the molecule is CCC(=O)N1CCN(c2nc(NC3COC3)cc(C(=O)O)n2)CC1. The summed E-state index contributed by atoms with van der Waals surface area (Å²) < 4.78 is 5.11. The molecule has 2 saturated heterocycles. The van der Waals surface area contributed by atoms with Crippen LogP contribution in [0.2, 0.25) is 0 Å². The molecular weight excluding hydrogens is 314 g/mol. The van der Waals surface area contributed by atoms with Crippen LogP contribution in [-0.2, 0) is 9.53 Å². The molecule has 1 aromatic heterocycles. The third-order valence-corrected chi connectivity index (χ3v) is 4.14. The molecule has 0 spiro atoms. The molecule has 3 rings (SSSR count). The minimum atomic E-state index is -1.09. The molecule has 2 fully saturated rings. The first kappa shape index (κ1) is 16.4. The van der Waals surface area contributed by atoms with Crippen LogP contribution in [-0.4, -0.2) is 77.3 Å². The fraction of sp³-hybridized carbons (Fsp3) is 0.600. The summed E-state index contributed by atoms with van der Waals surface area (Å²) >= 11 is 0. The number of nitrogens with one attached hydrogen (secondary N) is 1. The van der Waals surface area contributed by atoms with Gasteiger partial charge in [0.1, 0.15) is 5.82 Å². The average molecular weight is 335 g/mol. The van der Waals surface area contributed by atoms with E-state index in [4.69, 9.17) is 4.74 Å². The van der Waals surface area contributed by atoms with Crippen LogP contribution in [0.15, 0.2) is 6.07 Å². The quantitative estimate of drug-likeness (QED) is 0.777. The topological polar surface area (TPSA) is 108 Å². The number of hydrogen-bond acceptors (Lipinski definition) is 7. The molecule has 9 heteroatoms. The number of ether oxygens (including phenoxy) is 1. The fourth-order valence-electron chi connectivity index (χ4n) is 2.67. The predicted molar refractivity (Wildman–Crippen MR) is 86.3 cm³/mol. The van der Waals surface area contributed by atoms with Crippen LogP contribution in [0, 0.1) is 0 Å². The second kappa shape index (κ2) is 7.00. The Kier molecular flexibility index (Phi) is 4.79. The summed E-state index contributed by atoms with van der Waals surface area (Å²) in [7, 11) is 0. The van der Waals surface area contributed by atoms with Gasteiger partial charge in [-0.25, -0.2) is 9.78 Å². The standard InChI is InChI=1S/C15H21N5O4/c1-2-13(21)19-3-5-20(6-4-19)15-17-11(14(22)23)7-12(18-15)16-10-8-24-9-10/h7,10H,2-6,8-9H2,1H3,(H,22,23)(H,16,17,18). The molecular formula is C15H21N5O4. The summed E-state index contributed by atoms with van der Waals surface area (Å²) in [5, 5.41) is 12.4. The Balaban J connectivity index is 1.74. The molecule has 130 valence electrons. The molecule has 0 atom stereocenters. The van der Waals surface area contributed by atoms with Crippen LogP contribution in [0.3, 0.4) is 0 Å². The summed E-state index contributed by atoms with van der Waals surface area (Å²) in [5.74, 6) is -0.104. The van der Waals surface area contributed by atoms with Crippen LogP contribution in [0.5, 0.6) is 0 Å². The highest BCUT2D eigenvalue weighted by Crippen LogP contribution is 2.18. The normalized spacial score (nSPS) is 18.2. The maximum atomic E-state index is 11.7. The summed E-state index contributed by atoms with van der Waals surface area (Å²) in [5.41, 5.74) is -0.0465. The molecule has 24 heavy (non-hydrogen) atoms. The summed E-state index contributed by atoms with van der Waals surface area (Å²) in [6, 6.07) is 1.58. The number of hydrogen-bond donors (Lipinski definition) is 2. The van der Waals surface area contributed by atoms with Crippen molar-refractivity contribution in [2.75, 3.05) is 49.6 Å². The van der Waals surface area contributed by atoms with Crippen molar-refractivity contribution in [1.29, 1.82) is 0 Å². The molecule has 3 heterocycles. The van der Waals surface area contributed by atoms with E-state index in [0.29, 0.717) is 57.6 Å². The first-order valence-corrected chi connectivity index (χ1v) is 8.06. The Hall–Kier alpha value is -2.42. The first-order chi connectivity index (χ1) is 11.6. The molecule has 2 aliphatic rings. The Labute approximate surface area is 139 Å². The van der Waals surface area contributed by atoms with Crippen molar-refractivity contribution in [2.24, 2.45) is 0 Å². The Morgan fingerprint density at radius 3 is 2.54 bits per heavy atom. The molecule has 2 aliphatic heterocycles. The second-order valence-electron chi connectivity index (χ2n) is 5.84. The van der Waals surface area contributed by atoms with Crippen LogP contribution in [0.4, 0.5) is 11.8 Å². The number of carboxylic acid groups (broad SMARTS) is 1. The Bertz CT molecular complexity index is 626. The number of aromatic nitrogens is 2. The summed E-state index contributed by atoms with van der Waals surface area (Å²) in [6.07, 6.45) is 0.489. The molecule has 0 aromatic carbocycles. The van der Waals surface area contributed by atoms with Crippen molar-refractivity contribution in [3.8, 4) is 0 Å². The van der Waals surface area contributed by atoms with Crippen LogP contribution >= 0.6 is 0 Å². The van der Waals surface area contributed by atoms with E-state index < -0.39 is 5.97 Å². The number of carbonyl (C=O) groups is 2. The minimum Gasteiger partial charge on any atom is -0.477 e. The summed E-state index contributed by atoms with van der Waals surface area (Å²) in [6.45, 7) is 5.36. The van der Waals surface area contributed by atoms with Crippen LogP contribution in [0.1, 0.15) is 23.8 Å². The average Bonchev–Trinajstić information content (AvgIpc) is 2.57. The number of piperazine rings is 1. The van der Waals surface area contributed by atoms with Crippen molar-refractivity contribution < 1.29 is 19.4 Å². The minimum absolute atomic E-state index is 0.0465. The van der Waals surface area contributed by atoms with E-state index in [-0.39, 0.29) is 17.6 Å². The van der Waals surface area contributed by atoms with Gasteiger partial charge in [0, 0.05) is 38.7 Å². The van der Waals surface area contributed by atoms with E-state index >= 15 is 0 Å². The molecule has 1 amide bonds. The number of rotatable bonds is 5. The molecule has 0 unspecified atom stereocenters. The number of carboxylic acids is 1. The largest absolute Gasteiger partial charge is 0.477 e. The van der Waals surface area contributed by atoms with Crippen LogP contribution < -0.4 is 10.2 Å². The molecule has 1 aromatic rings. The number of amides is 1. The van der Waals surface area contributed by atoms with E-state index in [1.807, 2.05) is 16.7 Å². The second-order valence-corrected chi connectivity index (χ2v) is 5.84. The van der Waals surface area contributed by atoms with Crippen molar-refractivity contribution in [3.05, 3.63) is 11.8 Å². The van der Waals surface area contributed by atoms with E-state index in [2.05, 4.69) is 15.3 Å². The van der Waals surface area contributed by atoms with Gasteiger partial charge >= 0.3 is 5.97 Å². The lowest BCUT2D eigenvalue weighted by atomic mass is 10.2. The van der Waals surface area contributed by atoms with Gasteiger partial charge in [-0.1, -0.05) is 6.92 Å². The Morgan fingerprint density at radius 1 is 1.29 bits per heavy atom. The van der Waals surface area contributed by atoms with Gasteiger partial charge in [-0.15, -0.1) is 0 Å². The molecule has 0 radical (unpaired) electrons. The lowest BCUT2D eigenvalue weighted by Crippen LogP contribution is -2.49. The lowest BCUT2D eigenvalue weighted by molar-refractivity contribution is -0.131. The summed E-state index contributed by atoms with van der Waals surface area (Å²) in [4.78, 5) is 35.4. The number of anilines is 2. The van der Waals surface area contributed by atoms with Crippen molar-refractivity contribution in [1.82, 2.24) is 14.9 Å². The molecule has 0 aliphatic carbocycles. The number of aromatic carboxylic acids is 1. The highest BCUT2D eigenvalue weighted by atomic mass is 16.5. The van der Waals surface area contributed by atoms with E-state index in [1.165, 1.54) is 6.07 Å². The Morgan fingerprint density at radius 2 is 2.00 bits per heavy atom. The predicted octanol–water partition coefficient (Wildman–Crippen LogP) is 0.0441. The van der Waals surface area contributed by atoms with Gasteiger partial charge in [-0.2, -0.15) is 4.98 Å². The highest BCUT2D eigenvalue weighted by molar-refractivity contribution is 5.86. The fourth-order valence-corrected chi connectivity index (χ4v) is 2.67. The van der Waals surface area contributed by atoms with Gasteiger partial charge in [0.15, 0.2) is 5.69 Å². The monoisotopic (exact) mass is 335 g/mol. The molecule has 2 N–H and O–H groups in total. The van der Waals surface area contributed by atoms with E-state index in [9.17, 15) is 14.7 Å². The van der Waals surface area contributed by atoms with Crippen LogP contribution in [0.25, 0.3) is 0 Å². The number of carbonyl (C=O) groups excluding carboxylic acids is 1. The van der Waals surface area contributed by atoms with Gasteiger partial charge in [0.25, 0.3) is 0 Å². The molecule has 0 bridgehead atoms. The third kappa shape index (κ3) is 3.56. The van der Waals surface area contributed by atoms with Crippen molar-refractivity contribution in [2.45, 2.75) is 19.4 Å². The van der Waals surface area contributed by atoms with Gasteiger partial charge in [-0.05, 0) is 0 Å². The lowest BCUT2D eigenvalue weighted by Gasteiger charge is -2.35. The zero-order chi connectivity index (χ0) is 17.1. The maximum absolute atomic E-state index is 11.7. The number of nitrogens with zero attached hydrogens (tertiary/aromatic N) is 4. The van der Waals surface area contributed by atoms with Gasteiger partial charge in [-0.3, -0.25) is 4.79 Å². The zero-order valence-corrected chi connectivity index (χ0v) is 13.6.